The average Bonchev–Trinajstić information content (AvgIpc) is 2.76. The summed E-state index contributed by atoms with van der Waals surface area (Å²) in [6, 6.07) is 0. The molecule has 0 bridgehead atoms. The van der Waals surface area contributed by atoms with Crippen LogP contribution in [-0.4, -0.2) is 44.0 Å². The highest BCUT2D eigenvalue weighted by Gasteiger charge is 2.25. The van der Waals surface area contributed by atoms with Crippen LogP contribution in [-0.2, 0) is 9.47 Å². The van der Waals surface area contributed by atoms with E-state index >= 15 is 0 Å². The van der Waals surface area contributed by atoms with Crippen molar-refractivity contribution >= 4 is 0 Å². The van der Waals surface area contributed by atoms with E-state index in [1.54, 1.807) is 0 Å². The first-order valence-electron chi connectivity index (χ1n) is 6.71. The van der Waals surface area contributed by atoms with Crippen LogP contribution in [0.5, 0.6) is 0 Å². The summed E-state index contributed by atoms with van der Waals surface area (Å²) in [6.07, 6.45) is 3.51. The van der Waals surface area contributed by atoms with Gasteiger partial charge in [-0.3, -0.25) is 0 Å². The number of likely N-dealkylation sites (tertiary alicyclic amines) is 1. The van der Waals surface area contributed by atoms with Gasteiger partial charge in [-0.25, -0.2) is 0 Å². The molecular formula is C13H25NO2. The fraction of sp³-hybridized carbons (Fsp3) is 1.00. The molecule has 0 amide bonds. The molecule has 0 aromatic rings. The van der Waals surface area contributed by atoms with Gasteiger partial charge in [-0.05, 0) is 31.2 Å². The molecule has 2 rings (SSSR count). The Labute approximate surface area is 99.1 Å². The van der Waals surface area contributed by atoms with E-state index in [0.29, 0.717) is 0 Å². The van der Waals surface area contributed by atoms with E-state index in [2.05, 4.69) is 18.7 Å². The molecule has 0 aromatic carbocycles. The van der Waals surface area contributed by atoms with Crippen molar-refractivity contribution in [2.75, 3.05) is 32.8 Å². The number of hydrogen-bond acceptors (Lipinski definition) is 3. The van der Waals surface area contributed by atoms with E-state index in [1.165, 1.54) is 19.5 Å². The Kier molecular flexibility index (Phi) is 4.62. The Morgan fingerprint density at radius 1 is 1.25 bits per heavy atom. The van der Waals surface area contributed by atoms with Crippen molar-refractivity contribution in [2.45, 2.75) is 39.4 Å². The zero-order valence-electron chi connectivity index (χ0n) is 10.7. The molecule has 2 aliphatic rings. The zero-order chi connectivity index (χ0) is 11.4. The first kappa shape index (κ1) is 12.3. The van der Waals surface area contributed by atoms with Crippen molar-refractivity contribution in [3.05, 3.63) is 0 Å². The van der Waals surface area contributed by atoms with Crippen LogP contribution < -0.4 is 0 Å². The summed E-state index contributed by atoms with van der Waals surface area (Å²) in [5, 5.41) is 0. The summed E-state index contributed by atoms with van der Waals surface area (Å²) < 4.78 is 11.1. The van der Waals surface area contributed by atoms with E-state index in [0.717, 1.165) is 44.4 Å². The molecular weight excluding hydrogens is 202 g/mol. The molecule has 2 heterocycles. The highest BCUT2D eigenvalue weighted by molar-refractivity contribution is 4.77. The minimum atomic E-state index is 0.0619. The lowest BCUT2D eigenvalue weighted by molar-refractivity contribution is -0.182. The first-order chi connectivity index (χ1) is 7.75. The lowest BCUT2D eigenvalue weighted by Crippen LogP contribution is -2.31. The summed E-state index contributed by atoms with van der Waals surface area (Å²) >= 11 is 0. The monoisotopic (exact) mass is 227 g/mol. The summed E-state index contributed by atoms with van der Waals surface area (Å²) in [4.78, 5) is 2.56. The first-order valence-corrected chi connectivity index (χ1v) is 6.71. The van der Waals surface area contributed by atoms with E-state index in [4.69, 9.17) is 9.47 Å². The fourth-order valence-corrected chi connectivity index (χ4v) is 2.60. The second-order valence-electron chi connectivity index (χ2n) is 5.41. The van der Waals surface area contributed by atoms with Crippen LogP contribution in [0.1, 0.15) is 33.1 Å². The van der Waals surface area contributed by atoms with Crippen molar-refractivity contribution in [3.8, 4) is 0 Å². The molecule has 0 saturated carbocycles. The Bertz CT molecular complexity index is 202. The minimum Gasteiger partial charge on any atom is -0.353 e. The second kappa shape index (κ2) is 5.99. The van der Waals surface area contributed by atoms with Crippen LogP contribution in [0.4, 0.5) is 0 Å². The van der Waals surface area contributed by atoms with Crippen LogP contribution in [0.3, 0.4) is 0 Å². The maximum absolute atomic E-state index is 5.56. The molecule has 0 aromatic heterocycles. The topological polar surface area (TPSA) is 21.7 Å². The standard InChI is InChI=1S/C13H25NO2/c1-11(2)12-4-6-14(10-12)7-5-13-15-8-3-9-16-13/h11-13H,3-10H2,1-2H3. The van der Waals surface area contributed by atoms with Gasteiger partial charge in [-0.15, -0.1) is 0 Å². The summed E-state index contributed by atoms with van der Waals surface area (Å²) in [6.45, 7) is 10.1. The maximum Gasteiger partial charge on any atom is 0.158 e. The van der Waals surface area contributed by atoms with Crippen LogP contribution in [0.2, 0.25) is 0 Å². The quantitative estimate of drug-likeness (QED) is 0.734. The molecule has 3 heteroatoms. The molecule has 2 fully saturated rings. The smallest absolute Gasteiger partial charge is 0.158 e. The second-order valence-corrected chi connectivity index (χ2v) is 5.41. The van der Waals surface area contributed by atoms with E-state index in [1.807, 2.05) is 0 Å². The predicted octanol–water partition coefficient (Wildman–Crippen LogP) is 2.12. The lowest BCUT2D eigenvalue weighted by Gasteiger charge is -2.25. The maximum atomic E-state index is 5.56. The van der Waals surface area contributed by atoms with Gasteiger partial charge in [0, 0.05) is 19.5 Å². The molecule has 2 saturated heterocycles. The molecule has 94 valence electrons. The fourth-order valence-electron chi connectivity index (χ4n) is 2.60. The number of ether oxygens (including phenoxy) is 2. The van der Waals surface area contributed by atoms with Crippen LogP contribution in [0.15, 0.2) is 0 Å². The van der Waals surface area contributed by atoms with E-state index < -0.39 is 0 Å². The molecule has 1 atom stereocenters. The lowest BCUT2D eigenvalue weighted by atomic mass is 9.95. The van der Waals surface area contributed by atoms with Crippen molar-refractivity contribution in [1.29, 1.82) is 0 Å². The van der Waals surface area contributed by atoms with Crippen molar-refractivity contribution in [2.24, 2.45) is 11.8 Å². The van der Waals surface area contributed by atoms with Crippen molar-refractivity contribution in [1.82, 2.24) is 4.90 Å². The Balaban J connectivity index is 1.63. The van der Waals surface area contributed by atoms with Crippen LogP contribution in [0.25, 0.3) is 0 Å². The van der Waals surface area contributed by atoms with Gasteiger partial charge in [0.05, 0.1) is 13.2 Å². The third-order valence-electron chi connectivity index (χ3n) is 3.83. The summed E-state index contributed by atoms with van der Waals surface area (Å²) in [7, 11) is 0. The number of hydrogen-bond donors (Lipinski definition) is 0. The number of rotatable bonds is 4. The highest BCUT2D eigenvalue weighted by Crippen LogP contribution is 2.24. The van der Waals surface area contributed by atoms with Gasteiger partial charge in [-0.1, -0.05) is 13.8 Å². The van der Waals surface area contributed by atoms with Gasteiger partial charge in [-0.2, -0.15) is 0 Å². The third-order valence-corrected chi connectivity index (χ3v) is 3.83. The minimum absolute atomic E-state index is 0.0619. The Morgan fingerprint density at radius 3 is 2.62 bits per heavy atom. The molecule has 3 nitrogen and oxygen atoms in total. The molecule has 0 aliphatic carbocycles. The third kappa shape index (κ3) is 3.44. The van der Waals surface area contributed by atoms with Gasteiger partial charge in [0.1, 0.15) is 0 Å². The van der Waals surface area contributed by atoms with Crippen LogP contribution >= 0.6 is 0 Å². The van der Waals surface area contributed by atoms with Gasteiger partial charge in [0.25, 0.3) is 0 Å². The highest BCUT2D eigenvalue weighted by atomic mass is 16.7. The molecule has 0 spiro atoms. The Morgan fingerprint density at radius 2 is 2.00 bits per heavy atom. The van der Waals surface area contributed by atoms with E-state index in [-0.39, 0.29) is 6.29 Å². The van der Waals surface area contributed by atoms with Crippen molar-refractivity contribution in [3.63, 3.8) is 0 Å². The molecule has 16 heavy (non-hydrogen) atoms. The van der Waals surface area contributed by atoms with Crippen molar-refractivity contribution < 1.29 is 9.47 Å². The largest absolute Gasteiger partial charge is 0.353 e. The molecule has 2 aliphatic heterocycles. The van der Waals surface area contributed by atoms with Gasteiger partial charge in [0.2, 0.25) is 0 Å². The zero-order valence-corrected chi connectivity index (χ0v) is 10.7. The SMILES string of the molecule is CC(C)C1CCN(CCC2OCCCO2)C1. The molecule has 0 radical (unpaired) electrons. The predicted molar refractivity (Wildman–Crippen MR) is 64.3 cm³/mol. The summed E-state index contributed by atoms with van der Waals surface area (Å²) in [5.74, 6) is 1.72. The number of nitrogens with zero attached hydrogens (tertiary/aromatic N) is 1. The van der Waals surface area contributed by atoms with Crippen LogP contribution in [0, 0.1) is 11.8 Å². The normalized spacial score (nSPS) is 29.1. The van der Waals surface area contributed by atoms with E-state index in [9.17, 15) is 0 Å². The molecule has 1 unspecified atom stereocenters. The average molecular weight is 227 g/mol. The van der Waals surface area contributed by atoms with Gasteiger partial charge >= 0.3 is 0 Å². The van der Waals surface area contributed by atoms with Gasteiger partial charge in [0.15, 0.2) is 6.29 Å². The molecule has 0 N–H and O–H groups in total. The summed E-state index contributed by atoms with van der Waals surface area (Å²) in [5.41, 5.74) is 0. The Hall–Kier alpha value is -0.120. The van der Waals surface area contributed by atoms with Gasteiger partial charge < -0.3 is 14.4 Å².